The molecule has 2 aromatic rings. The molecule has 0 spiro atoms. The van der Waals surface area contributed by atoms with Crippen LogP contribution in [0.25, 0.3) is 0 Å². The van der Waals surface area contributed by atoms with Gasteiger partial charge in [-0.2, -0.15) is 0 Å². The van der Waals surface area contributed by atoms with Crippen molar-refractivity contribution in [1.29, 1.82) is 0 Å². The second-order valence-electron chi connectivity index (χ2n) is 4.51. The number of hydrogen-bond donors (Lipinski definition) is 1. The topological polar surface area (TPSA) is 12.0 Å². The maximum absolute atomic E-state index is 13.4. The molecule has 1 nitrogen and oxygen atoms in total. The van der Waals surface area contributed by atoms with Crippen molar-refractivity contribution in [3.05, 3.63) is 66.0 Å². The molecule has 0 fully saturated rings. The average Bonchev–Trinajstić information content (AvgIpc) is 2.42. The van der Waals surface area contributed by atoms with Crippen molar-refractivity contribution in [2.75, 3.05) is 11.9 Å². The van der Waals surface area contributed by atoms with Gasteiger partial charge in [-0.1, -0.05) is 49.4 Å². The summed E-state index contributed by atoms with van der Waals surface area (Å²) >= 11 is 0. The van der Waals surface area contributed by atoms with Gasteiger partial charge in [-0.05, 0) is 30.0 Å². The van der Waals surface area contributed by atoms with Crippen molar-refractivity contribution in [2.45, 2.75) is 19.3 Å². The van der Waals surface area contributed by atoms with Crippen molar-refractivity contribution in [3.8, 4) is 0 Å². The van der Waals surface area contributed by atoms with Crippen LogP contribution in [-0.2, 0) is 0 Å². The van der Waals surface area contributed by atoms with E-state index < -0.39 is 0 Å². The SMILES string of the molecule is CC(CCNc1ccccc1F)c1ccccc1. The number of hydrogen-bond acceptors (Lipinski definition) is 1. The second kappa shape index (κ2) is 6.20. The Bertz CT molecular complexity index is 481. The van der Waals surface area contributed by atoms with Crippen LogP contribution in [0.1, 0.15) is 24.8 Å². The number of rotatable bonds is 5. The molecule has 0 aliphatic carbocycles. The lowest BCUT2D eigenvalue weighted by atomic mass is 9.98. The summed E-state index contributed by atoms with van der Waals surface area (Å²) in [4.78, 5) is 0. The minimum Gasteiger partial charge on any atom is -0.383 e. The Kier molecular flexibility index (Phi) is 4.35. The number of nitrogens with one attached hydrogen (secondary N) is 1. The molecule has 0 aliphatic heterocycles. The molecule has 0 amide bonds. The van der Waals surface area contributed by atoms with Crippen LogP contribution in [0, 0.1) is 5.82 Å². The first kappa shape index (κ1) is 12.6. The molecule has 1 atom stereocenters. The summed E-state index contributed by atoms with van der Waals surface area (Å²) < 4.78 is 13.4. The minimum atomic E-state index is -0.190. The Morgan fingerprint density at radius 2 is 1.67 bits per heavy atom. The third-order valence-electron chi connectivity index (χ3n) is 3.14. The fourth-order valence-corrected chi connectivity index (χ4v) is 1.98. The Morgan fingerprint density at radius 1 is 1.00 bits per heavy atom. The Morgan fingerprint density at radius 3 is 2.39 bits per heavy atom. The summed E-state index contributed by atoms with van der Waals surface area (Å²) in [6.45, 7) is 2.97. The monoisotopic (exact) mass is 243 g/mol. The van der Waals surface area contributed by atoms with E-state index in [0.29, 0.717) is 11.6 Å². The van der Waals surface area contributed by atoms with E-state index in [4.69, 9.17) is 0 Å². The third-order valence-corrected chi connectivity index (χ3v) is 3.14. The van der Waals surface area contributed by atoms with E-state index in [-0.39, 0.29) is 5.82 Å². The molecule has 0 radical (unpaired) electrons. The third kappa shape index (κ3) is 3.33. The predicted molar refractivity (Wildman–Crippen MR) is 74.4 cm³/mol. The van der Waals surface area contributed by atoms with E-state index >= 15 is 0 Å². The first-order valence-corrected chi connectivity index (χ1v) is 6.30. The normalized spacial score (nSPS) is 12.1. The molecule has 0 saturated heterocycles. The zero-order valence-electron chi connectivity index (χ0n) is 10.6. The maximum atomic E-state index is 13.4. The molecular formula is C16H18FN. The van der Waals surface area contributed by atoms with Crippen molar-refractivity contribution in [2.24, 2.45) is 0 Å². The van der Waals surface area contributed by atoms with E-state index in [9.17, 15) is 4.39 Å². The Hall–Kier alpha value is -1.83. The molecule has 2 rings (SSSR count). The van der Waals surface area contributed by atoms with Gasteiger partial charge in [0.15, 0.2) is 0 Å². The predicted octanol–water partition coefficient (Wildman–Crippen LogP) is 4.43. The summed E-state index contributed by atoms with van der Waals surface area (Å²) in [6, 6.07) is 17.2. The molecule has 2 heteroatoms. The molecular weight excluding hydrogens is 225 g/mol. The molecule has 18 heavy (non-hydrogen) atoms. The summed E-state index contributed by atoms with van der Waals surface area (Å²) in [6.07, 6.45) is 0.984. The van der Waals surface area contributed by atoms with Gasteiger partial charge < -0.3 is 5.32 Å². The van der Waals surface area contributed by atoms with Gasteiger partial charge in [0.2, 0.25) is 0 Å². The number of anilines is 1. The van der Waals surface area contributed by atoms with Gasteiger partial charge in [0.25, 0.3) is 0 Å². The van der Waals surface area contributed by atoms with Crippen molar-refractivity contribution in [1.82, 2.24) is 0 Å². The molecule has 0 saturated carbocycles. The first-order chi connectivity index (χ1) is 8.77. The van der Waals surface area contributed by atoms with E-state index in [1.165, 1.54) is 11.6 Å². The van der Waals surface area contributed by atoms with Crippen LogP contribution in [0.4, 0.5) is 10.1 Å². The quantitative estimate of drug-likeness (QED) is 0.819. The molecule has 1 N–H and O–H groups in total. The molecule has 0 heterocycles. The lowest BCUT2D eigenvalue weighted by Crippen LogP contribution is -2.07. The molecule has 0 aliphatic rings. The minimum absolute atomic E-state index is 0.190. The molecule has 0 aromatic heterocycles. The summed E-state index contributed by atoms with van der Waals surface area (Å²) in [5.74, 6) is 0.287. The fourth-order valence-electron chi connectivity index (χ4n) is 1.98. The van der Waals surface area contributed by atoms with Gasteiger partial charge in [0.1, 0.15) is 5.82 Å². The highest BCUT2D eigenvalue weighted by molar-refractivity contribution is 5.44. The van der Waals surface area contributed by atoms with Crippen molar-refractivity contribution < 1.29 is 4.39 Å². The van der Waals surface area contributed by atoms with Gasteiger partial charge in [-0.25, -0.2) is 4.39 Å². The lowest BCUT2D eigenvalue weighted by molar-refractivity contribution is 0.627. The van der Waals surface area contributed by atoms with Crippen LogP contribution in [0.5, 0.6) is 0 Å². The molecule has 0 bridgehead atoms. The maximum Gasteiger partial charge on any atom is 0.146 e. The smallest absolute Gasteiger partial charge is 0.146 e. The van der Waals surface area contributed by atoms with Crippen LogP contribution in [0.3, 0.4) is 0 Å². The average molecular weight is 243 g/mol. The highest BCUT2D eigenvalue weighted by atomic mass is 19.1. The van der Waals surface area contributed by atoms with Crippen molar-refractivity contribution in [3.63, 3.8) is 0 Å². The van der Waals surface area contributed by atoms with Gasteiger partial charge in [-0.3, -0.25) is 0 Å². The lowest BCUT2D eigenvalue weighted by Gasteiger charge is -2.13. The zero-order chi connectivity index (χ0) is 12.8. The van der Waals surface area contributed by atoms with E-state index in [0.717, 1.165) is 13.0 Å². The summed E-state index contributed by atoms with van der Waals surface area (Å²) in [5, 5.41) is 3.14. The number of para-hydroxylation sites is 1. The Labute approximate surface area is 108 Å². The van der Waals surface area contributed by atoms with E-state index in [2.05, 4.69) is 36.5 Å². The van der Waals surface area contributed by atoms with Crippen LogP contribution in [-0.4, -0.2) is 6.54 Å². The first-order valence-electron chi connectivity index (χ1n) is 6.30. The van der Waals surface area contributed by atoms with E-state index in [1.54, 1.807) is 12.1 Å². The summed E-state index contributed by atoms with van der Waals surface area (Å²) in [5.41, 5.74) is 1.91. The highest BCUT2D eigenvalue weighted by Gasteiger charge is 2.05. The summed E-state index contributed by atoms with van der Waals surface area (Å²) in [7, 11) is 0. The van der Waals surface area contributed by atoms with Gasteiger partial charge in [0, 0.05) is 6.54 Å². The van der Waals surface area contributed by atoms with Gasteiger partial charge in [-0.15, -0.1) is 0 Å². The largest absolute Gasteiger partial charge is 0.383 e. The molecule has 94 valence electrons. The fraction of sp³-hybridized carbons (Fsp3) is 0.250. The highest BCUT2D eigenvalue weighted by Crippen LogP contribution is 2.19. The van der Waals surface area contributed by atoms with Gasteiger partial charge >= 0.3 is 0 Å². The van der Waals surface area contributed by atoms with Crippen LogP contribution < -0.4 is 5.32 Å². The molecule has 1 unspecified atom stereocenters. The number of benzene rings is 2. The van der Waals surface area contributed by atoms with E-state index in [1.807, 2.05) is 12.1 Å². The van der Waals surface area contributed by atoms with Crippen LogP contribution in [0.15, 0.2) is 54.6 Å². The van der Waals surface area contributed by atoms with Crippen LogP contribution >= 0.6 is 0 Å². The van der Waals surface area contributed by atoms with Crippen LogP contribution in [0.2, 0.25) is 0 Å². The zero-order valence-corrected chi connectivity index (χ0v) is 10.6. The second-order valence-corrected chi connectivity index (χ2v) is 4.51. The Balaban J connectivity index is 1.84. The number of halogens is 1. The van der Waals surface area contributed by atoms with Gasteiger partial charge in [0.05, 0.1) is 5.69 Å². The molecule has 2 aromatic carbocycles. The van der Waals surface area contributed by atoms with Crippen molar-refractivity contribution >= 4 is 5.69 Å². The standard InChI is InChI=1S/C16H18FN/c1-13(14-7-3-2-4-8-14)11-12-18-16-10-6-5-9-15(16)17/h2-10,13,18H,11-12H2,1H3.